The molecule has 3 N–H and O–H groups in total. The van der Waals surface area contributed by atoms with Crippen LogP contribution in [0.2, 0.25) is 0 Å². The van der Waals surface area contributed by atoms with Gasteiger partial charge >= 0.3 is 5.69 Å². The van der Waals surface area contributed by atoms with Gasteiger partial charge in [-0.05, 0) is 32.3 Å². The average Bonchev–Trinajstić information content (AvgIpc) is 2.41. The highest BCUT2D eigenvalue weighted by atomic mass is 16.2. The topological polar surface area (TPSA) is 90.6 Å². The molecule has 1 aromatic carbocycles. The van der Waals surface area contributed by atoms with Crippen LogP contribution in [0.4, 0.5) is 5.82 Å². The summed E-state index contributed by atoms with van der Waals surface area (Å²) >= 11 is 0. The smallest absolute Gasteiger partial charge is 0.342 e. The number of benzene rings is 1. The number of aromatic amines is 2. The molecule has 0 radical (unpaired) electrons. The van der Waals surface area contributed by atoms with Crippen LogP contribution < -0.4 is 16.6 Å². The summed E-state index contributed by atoms with van der Waals surface area (Å²) in [6.07, 6.45) is 1.72. The molecule has 0 amide bonds. The molecule has 0 spiro atoms. The van der Waals surface area contributed by atoms with E-state index in [2.05, 4.69) is 32.6 Å². The molecule has 0 fully saturated rings. The maximum absolute atomic E-state index is 11.6. The molecule has 2 rings (SSSR count). The first-order valence-electron chi connectivity index (χ1n) is 6.47. The van der Waals surface area contributed by atoms with Crippen LogP contribution in [-0.4, -0.2) is 20.7 Å². The third-order valence-electron chi connectivity index (χ3n) is 3.05. The fourth-order valence-electron chi connectivity index (χ4n) is 1.92. The van der Waals surface area contributed by atoms with Crippen LogP contribution in [0.15, 0.2) is 39.9 Å². The number of aryl methyl sites for hydroxylation is 1. The predicted octanol–water partition coefficient (Wildman–Crippen LogP) is 1.28. The van der Waals surface area contributed by atoms with Crippen molar-refractivity contribution in [3.05, 3.63) is 56.7 Å². The van der Waals surface area contributed by atoms with Gasteiger partial charge in [-0.2, -0.15) is 0 Å². The lowest BCUT2D eigenvalue weighted by Gasteiger charge is -2.26. The van der Waals surface area contributed by atoms with Crippen LogP contribution >= 0.6 is 0 Å². The molecular weight excluding hydrogens is 256 g/mol. The maximum atomic E-state index is 11.6. The number of rotatable bonds is 5. The molecule has 0 atom stereocenters. The summed E-state index contributed by atoms with van der Waals surface area (Å²) in [7, 11) is 0. The Labute approximate surface area is 116 Å². The highest BCUT2D eigenvalue weighted by Gasteiger charge is 2.19. The van der Waals surface area contributed by atoms with E-state index in [1.165, 1.54) is 5.56 Å². The van der Waals surface area contributed by atoms with Crippen molar-refractivity contribution in [2.24, 2.45) is 0 Å². The lowest BCUT2D eigenvalue weighted by molar-refractivity contribution is 0.514. The summed E-state index contributed by atoms with van der Waals surface area (Å²) in [4.78, 5) is 24.7. The zero-order valence-corrected chi connectivity index (χ0v) is 11.6. The zero-order chi connectivity index (χ0) is 14.6. The number of hydrogen-bond donors (Lipinski definition) is 3. The molecule has 0 saturated carbocycles. The first kappa shape index (κ1) is 14.0. The summed E-state index contributed by atoms with van der Waals surface area (Å²) < 4.78 is 0. The Kier molecular flexibility index (Phi) is 4.02. The predicted molar refractivity (Wildman–Crippen MR) is 77.9 cm³/mol. The molecule has 6 heteroatoms. The van der Waals surface area contributed by atoms with Crippen LogP contribution in [-0.2, 0) is 6.42 Å². The van der Waals surface area contributed by atoms with Gasteiger partial charge in [0.05, 0.1) is 0 Å². The molecule has 0 unspecified atom stereocenters. The average molecular weight is 274 g/mol. The third kappa shape index (κ3) is 3.81. The number of nitrogens with one attached hydrogen (secondary N) is 3. The van der Waals surface area contributed by atoms with Gasteiger partial charge in [0, 0.05) is 5.54 Å². The molecule has 0 aliphatic heterocycles. The molecule has 0 saturated heterocycles. The minimum atomic E-state index is -0.609. The van der Waals surface area contributed by atoms with Crippen molar-refractivity contribution < 1.29 is 0 Å². The van der Waals surface area contributed by atoms with Crippen molar-refractivity contribution in [2.75, 3.05) is 5.32 Å². The standard InChI is InChI=1S/C14H18N4O2/c1-14(2,9-8-10-6-4-3-5-7-10)16-11-12(19)15-13(20)18-17-11/h3-7H,8-9H2,1-2H3,(H,16,17)(H2,15,18,19,20). The van der Waals surface area contributed by atoms with Crippen LogP contribution in [0.25, 0.3) is 0 Å². The van der Waals surface area contributed by atoms with Crippen molar-refractivity contribution in [3.8, 4) is 0 Å². The van der Waals surface area contributed by atoms with E-state index in [9.17, 15) is 9.59 Å². The number of hydrogen-bond acceptors (Lipinski definition) is 4. The monoisotopic (exact) mass is 274 g/mol. The van der Waals surface area contributed by atoms with Crippen molar-refractivity contribution in [1.82, 2.24) is 15.2 Å². The van der Waals surface area contributed by atoms with E-state index >= 15 is 0 Å². The Morgan fingerprint density at radius 1 is 1.20 bits per heavy atom. The van der Waals surface area contributed by atoms with Gasteiger partial charge in [0.15, 0.2) is 0 Å². The second-order valence-corrected chi connectivity index (χ2v) is 5.35. The number of aromatic nitrogens is 3. The lowest BCUT2D eigenvalue weighted by atomic mass is 9.95. The van der Waals surface area contributed by atoms with Gasteiger partial charge in [-0.3, -0.25) is 9.78 Å². The highest BCUT2D eigenvalue weighted by Crippen LogP contribution is 2.16. The molecular formula is C14H18N4O2. The van der Waals surface area contributed by atoms with Crippen molar-refractivity contribution in [3.63, 3.8) is 0 Å². The Bertz CT molecular complexity index is 673. The molecule has 6 nitrogen and oxygen atoms in total. The number of H-pyrrole nitrogens is 2. The van der Waals surface area contributed by atoms with Crippen molar-refractivity contribution in [1.29, 1.82) is 0 Å². The van der Waals surface area contributed by atoms with E-state index < -0.39 is 11.2 Å². The fraction of sp³-hybridized carbons (Fsp3) is 0.357. The van der Waals surface area contributed by atoms with Gasteiger partial charge in [-0.25, -0.2) is 9.89 Å². The largest absolute Gasteiger partial charge is 0.359 e. The van der Waals surface area contributed by atoms with Crippen LogP contribution in [0.5, 0.6) is 0 Å². The van der Waals surface area contributed by atoms with Gasteiger partial charge < -0.3 is 5.32 Å². The highest BCUT2D eigenvalue weighted by molar-refractivity contribution is 5.32. The van der Waals surface area contributed by atoms with Gasteiger partial charge in [-0.1, -0.05) is 30.3 Å². The van der Waals surface area contributed by atoms with Gasteiger partial charge in [0.25, 0.3) is 5.56 Å². The summed E-state index contributed by atoms with van der Waals surface area (Å²) in [5, 5.41) is 9.00. The van der Waals surface area contributed by atoms with E-state index in [-0.39, 0.29) is 11.4 Å². The van der Waals surface area contributed by atoms with Crippen molar-refractivity contribution in [2.45, 2.75) is 32.2 Å². The molecule has 0 bridgehead atoms. The van der Waals surface area contributed by atoms with Crippen molar-refractivity contribution >= 4 is 5.82 Å². The Balaban J connectivity index is 2.03. The SMILES string of the molecule is CC(C)(CCc1ccccc1)Nc1n[nH]c(=O)[nH]c1=O. The van der Waals surface area contributed by atoms with Gasteiger partial charge in [0.1, 0.15) is 0 Å². The third-order valence-corrected chi connectivity index (χ3v) is 3.05. The van der Waals surface area contributed by atoms with Crippen LogP contribution in [0, 0.1) is 0 Å². The molecule has 0 aliphatic carbocycles. The van der Waals surface area contributed by atoms with Crippen LogP contribution in [0.3, 0.4) is 0 Å². The summed E-state index contributed by atoms with van der Waals surface area (Å²) in [5.41, 5.74) is -0.191. The second-order valence-electron chi connectivity index (χ2n) is 5.35. The molecule has 1 aromatic heterocycles. The summed E-state index contributed by atoms with van der Waals surface area (Å²) in [6, 6.07) is 10.1. The van der Waals surface area contributed by atoms with E-state index in [1.807, 2.05) is 32.0 Å². The van der Waals surface area contributed by atoms with Gasteiger partial charge in [0.2, 0.25) is 5.82 Å². The Hall–Kier alpha value is -2.37. The first-order valence-corrected chi connectivity index (χ1v) is 6.47. The normalized spacial score (nSPS) is 11.3. The first-order chi connectivity index (χ1) is 9.46. The summed E-state index contributed by atoms with van der Waals surface area (Å²) in [6.45, 7) is 3.98. The van der Waals surface area contributed by atoms with E-state index in [0.29, 0.717) is 0 Å². The minimum absolute atomic E-state index is 0.127. The molecule has 106 valence electrons. The molecule has 0 aliphatic rings. The molecule has 1 heterocycles. The lowest BCUT2D eigenvalue weighted by Crippen LogP contribution is -2.37. The van der Waals surface area contributed by atoms with E-state index in [1.54, 1.807) is 0 Å². The number of nitrogens with zero attached hydrogens (tertiary/aromatic N) is 1. The fourth-order valence-corrected chi connectivity index (χ4v) is 1.92. The Morgan fingerprint density at radius 2 is 1.90 bits per heavy atom. The van der Waals surface area contributed by atoms with E-state index in [0.717, 1.165) is 12.8 Å². The zero-order valence-electron chi connectivity index (χ0n) is 11.6. The molecule has 20 heavy (non-hydrogen) atoms. The second kappa shape index (κ2) is 5.73. The van der Waals surface area contributed by atoms with Crippen LogP contribution in [0.1, 0.15) is 25.8 Å². The Morgan fingerprint density at radius 3 is 2.55 bits per heavy atom. The summed E-state index contributed by atoms with van der Waals surface area (Å²) in [5.74, 6) is 0.127. The molecule has 2 aromatic rings. The minimum Gasteiger partial charge on any atom is -0.359 e. The maximum Gasteiger partial charge on any atom is 0.342 e. The van der Waals surface area contributed by atoms with E-state index in [4.69, 9.17) is 0 Å². The number of anilines is 1. The quantitative estimate of drug-likeness (QED) is 0.766. The van der Waals surface area contributed by atoms with Gasteiger partial charge in [-0.15, -0.1) is 5.10 Å².